The minimum Gasteiger partial charge on any atom is -0.353 e. The zero-order chi connectivity index (χ0) is 10.2. The molecule has 0 saturated carbocycles. The van der Waals surface area contributed by atoms with Gasteiger partial charge in [-0.25, -0.2) is 8.42 Å². The molecule has 0 aliphatic carbocycles. The van der Waals surface area contributed by atoms with Gasteiger partial charge in [0.25, 0.3) is 0 Å². The van der Waals surface area contributed by atoms with Crippen molar-refractivity contribution in [2.24, 2.45) is 5.92 Å². The van der Waals surface area contributed by atoms with Crippen molar-refractivity contribution in [3.8, 4) is 0 Å². The maximum Gasteiger partial charge on any atom is 0.220 e. The first kappa shape index (κ1) is 9.96. The molecule has 1 N–H and O–H groups in total. The molecule has 2 aliphatic heterocycles. The Bertz CT molecular complexity index is 336. The molecule has 0 bridgehead atoms. The number of rotatable bonds is 1. The summed E-state index contributed by atoms with van der Waals surface area (Å²) in [7, 11) is -2.84. The van der Waals surface area contributed by atoms with Crippen LogP contribution in [0.5, 0.6) is 0 Å². The van der Waals surface area contributed by atoms with E-state index < -0.39 is 9.84 Å². The smallest absolute Gasteiger partial charge is 0.220 e. The Morgan fingerprint density at radius 1 is 1.29 bits per heavy atom. The summed E-state index contributed by atoms with van der Waals surface area (Å²) in [6.07, 6.45) is 3.05. The summed E-state index contributed by atoms with van der Waals surface area (Å²) in [6, 6.07) is 0.109. The Balaban J connectivity index is 2.01. The maximum atomic E-state index is 11.4. The summed E-state index contributed by atoms with van der Waals surface area (Å²) in [6.45, 7) is 0. The van der Waals surface area contributed by atoms with Gasteiger partial charge in [0.05, 0.1) is 11.5 Å². The molecule has 2 saturated heterocycles. The molecule has 0 aromatic rings. The molecule has 0 spiro atoms. The van der Waals surface area contributed by atoms with Crippen LogP contribution in [0.15, 0.2) is 0 Å². The van der Waals surface area contributed by atoms with Gasteiger partial charge in [0.1, 0.15) is 0 Å². The van der Waals surface area contributed by atoms with Crippen LogP contribution in [-0.4, -0.2) is 31.9 Å². The Kier molecular flexibility index (Phi) is 2.51. The molecule has 2 aliphatic rings. The van der Waals surface area contributed by atoms with Crippen molar-refractivity contribution in [1.29, 1.82) is 0 Å². The molecular formula is C9H15NO3S. The highest BCUT2D eigenvalue weighted by Crippen LogP contribution is 2.26. The normalized spacial score (nSPS) is 36.7. The second-order valence-corrected chi connectivity index (χ2v) is 6.46. The van der Waals surface area contributed by atoms with Crippen LogP contribution in [0, 0.1) is 5.92 Å². The number of carbonyl (C=O) groups excluding carboxylic acids is 1. The second-order valence-electron chi connectivity index (χ2n) is 4.23. The van der Waals surface area contributed by atoms with Gasteiger partial charge < -0.3 is 5.32 Å². The molecule has 1 amide bonds. The van der Waals surface area contributed by atoms with E-state index in [-0.39, 0.29) is 23.6 Å². The first-order chi connectivity index (χ1) is 6.57. The molecular weight excluding hydrogens is 202 g/mol. The number of amides is 1. The first-order valence-electron chi connectivity index (χ1n) is 5.07. The third-order valence-electron chi connectivity index (χ3n) is 3.10. The number of sulfone groups is 1. The van der Waals surface area contributed by atoms with E-state index in [1.165, 1.54) is 0 Å². The van der Waals surface area contributed by atoms with Gasteiger partial charge in [-0.15, -0.1) is 0 Å². The van der Waals surface area contributed by atoms with Crippen molar-refractivity contribution >= 4 is 15.7 Å². The van der Waals surface area contributed by atoms with Crippen molar-refractivity contribution < 1.29 is 13.2 Å². The lowest BCUT2D eigenvalue weighted by Crippen LogP contribution is -2.39. The Hall–Kier alpha value is -0.580. The lowest BCUT2D eigenvalue weighted by atomic mass is 9.95. The van der Waals surface area contributed by atoms with Crippen LogP contribution in [0.3, 0.4) is 0 Å². The topological polar surface area (TPSA) is 63.2 Å². The summed E-state index contributed by atoms with van der Waals surface area (Å²) < 4.78 is 22.8. The van der Waals surface area contributed by atoms with E-state index in [9.17, 15) is 13.2 Å². The van der Waals surface area contributed by atoms with Gasteiger partial charge in [0.15, 0.2) is 9.84 Å². The summed E-state index contributed by atoms with van der Waals surface area (Å²) in [4.78, 5) is 11.0. The molecule has 0 aromatic carbocycles. The van der Waals surface area contributed by atoms with Crippen molar-refractivity contribution in [2.75, 3.05) is 11.5 Å². The monoisotopic (exact) mass is 217 g/mol. The quantitative estimate of drug-likeness (QED) is 0.677. The molecule has 2 atom stereocenters. The number of nitrogens with one attached hydrogen (secondary N) is 1. The SMILES string of the molecule is O=C1CCC(C2CCCS(=O)(=O)C2)N1. The molecule has 2 rings (SSSR count). The number of carbonyl (C=O) groups is 1. The first-order valence-corrected chi connectivity index (χ1v) is 6.89. The molecule has 4 nitrogen and oxygen atoms in total. The van der Waals surface area contributed by atoms with Crippen LogP contribution in [0.1, 0.15) is 25.7 Å². The molecule has 2 unspecified atom stereocenters. The molecule has 14 heavy (non-hydrogen) atoms. The summed E-state index contributed by atoms with van der Waals surface area (Å²) in [5.41, 5.74) is 0. The Labute approximate surface area is 84.0 Å². The second kappa shape index (κ2) is 3.53. The minimum absolute atomic E-state index is 0.0676. The summed E-state index contributed by atoms with van der Waals surface area (Å²) in [5.74, 6) is 0.806. The van der Waals surface area contributed by atoms with Gasteiger partial charge in [-0.3, -0.25) is 4.79 Å². The van der Waals surface area contributed by atoms with Crippen LogP contribution in [0.4, 0.5) is 0 Å². The van der Waals surface area contributed by atoms with Crippen LogP contribution in [-0.2, 0) is 14.6 Å². The standard InChI is InChI=1S/C9H15NO3S/c11-9-4-3-8(10-9)7-2-1-5-14(12,13)6-7/h7-8H,1-6H2,(H,10,11). The Morgan fingerprint density at radius 3 is 2.64 bits per heavy atom. The average Bonchev–Trinajstić information content (AvgIpc) is 2.50. The zero-order valence-corrected chi connectivity index (χ0v) is 8.85. The maximum absolute atomic E-state index is 11.4. The molecule has 80 valence electrons. The highest BCUT2D eigenvalue weighted by atomic mass is 32.2. The molecule has 0 radical (unpaired) electrons. The Morgan fingerprint density at radius 2 is 2.07 bits per heavy atom. The minimum atomic E-state index is -2.84. The van der Waals surface area contributed by atoms with E-state index in [2.05, 4.69) is 5.32 Å². The average molecular weight is 217 g/mol. The van der Waals surface area contributed by atoms with Crippen LogP contribution in [0.2, 0.25) is 0 Å². The number of hydrogen-bond donors (Lipinski definition) is 1. The fourth-order valence-corrected chi connectivity index (χ4v) is 4.19. The third kappa shape index (κ3) is 2.08. The van der Waals surface area contributed by atoms with Gasteiger partial charge in [-0.1, -0.05) is 0 Å². The van der Waals surface area contributed by atoms with Gasteiger partial charge in [-0.2, -0.15) is 0 Å². The molecule has 2 heterocycles. The van der Waals surface area contributed by atoms with E-state index in [0.717, 1.165) is 19.3 Å². The largest absolute Gasteiger partial charge is 0.353 e. The van der Waals surface area contributed by atoms with Crippen LogP contribution < -0.4 is 5.32 Å². The van der Waals surface area contributed by atoms with E-state index in [0.29, 0.717) is 12.2 Å². The lowest BCUT2D eigenvalue weighted by molar-refractivity contribution is -0.119. The predicted molar refractivity (Wildman–Crippen MR) is 52.5 cm³/mol. The van der Waals surface area contributed by atoms with E-state index in [1.807, 2.05) is 0 Å². The van der Waals surface area contributed by atoms with Crippen molar-refractivity contribution in [1.82, 2.24) is 5.32 Å². The lowest BCUT2D eigenvalue weighted by Gasteiger charge is -2.26. The predicted octanol–water partition coefficient (Wildman–Crippen LogP) is 0.0898. The summed E-state index contributed by atoms with van der Waals surface area (Å²) >= 11 is 0. The number of hydrogen-bond acceptors (Lipinski definition) is 3. The summed E-state index contributed by atoms with van der Waals surface area (Å²) in [5, 5.41) is 2.86. The zero-order valence-electron chi connectivity index (χ0n) is 8.03. The van der Waals surface area contributed by atoms with E-state index in [1.54, 1.807) is 0 Å². The van der Waals surface area contributed by atoms with E-state index >= 15 is 0 Å². The molecule has 5 heteroatoms. The fourth-order valence-electron chi connectivity index (χ4n) is 2.37. The third-order valence-corrected chi connectivity index (χ3v) is 4.94. The van der Waals surface area contributed by atoms with Gasteiger partial charge in [0, 0.05) is 12.5 Å². The van der Waals surface area contributed by atoms with Crippen LogP contribution in [0.25, 0.3) is 0 Å². The van der Waals surface area contributed by atoms with Crippen molar-refractivity contribution in [3.63, 3.8) is 0 Å². The van der Waals surface area contributed by atoms with Crippen LogP contribution >= 0.6 is 0 Å². The van der Waals surface area contributed by atoms with E-state index in [4.69, 9.17) is 0 Å². The van der Waals surface area contributed by atoms with Gasteiger partial charge in [0.2, 0.25) is 5.91 Å². The highest BCUT2D eigenvalue weighted by Gasteiger charge is 2.34. The molecule has 2 fully saturated rings. The highest BCUT2D eigenvalue weighted by molar-refractivity contribution is 7.91. The van der Waals surface area contributed by atoms with Gasteiger partial charge in [-0.05, 0) is 25.2 Å². The molecule has 0 aromatic heterocycles. The fraction of sp³-hybridized carbons (Fsp3) is 0.889. The van der Waals surface area contributed by atoms with Gasteiger partial charge >= 0.3 is 0 Å². The van der Waals surface area contributed by atoms with Crippen molar-refractivity contribution in [3.05, 3.63) is 0 Å². The van der Waals surface area contributed by atoms with Crippen molar-refractivity contribution in [2.45, 2.75) is 31.7 Å².